The number of benzene rings is 2. The summed E-state index contributed by atoms with van der Waals surface area (Å²) in [7, 11) is 1.67. The third-order valence-corrected chi connectivity index (χ3v) is 8.53. The Morgan fingerprint density at radius 1 is 1.15 bits per heavy atom. The molecule has 0 radical (unpaired) electrons. The molecule has 0 bridgehead atoms. The number of likely N-dealkylation sites (tertiary alicyclic amines) is 1. The van der Waals surface area contributed by atoms with Crippen LogP contribution in [0, 0.1) is 5.41 Å². The van der Waals surface area contributed by atoms with Gasteiger partial charge in [-0.05, 0) is 92.6 Å². The number of hydrogen-bond acceptors (Lipinski definition) is 5. The van der Waals surface area contributed by atoms with Gasteiger partial charge in [0.15, 0.2) is 0 Å². The van der Waals surface area contributed by atoms with Crippen molar-refractivity contribution in [2.75, 3.05) is 39.1 Å². The molecule has 0 unspecified atom stereocenters. The quantitative estimate of drug-likeness (QED) is 0.301. The van der Waals surface area contributed by atoms with Gasteiger partial charge >= 0.3 is 0 Å². The summed E-state index contributed by atoms with van der Waals surface area (Å²) in [5, 5.41) is 12.8. The number of methoxy groups -OCH3 is 1. The summed E-state index contributed by atoms with van der Waals surface area (Å²) in [4.78, 5) is 8.20. The molecule has 0 amide bonds. The fourth-order valence-electron chi connectivity index (χ4n) is 4.81. The van der Waals surface area contributed by atoms with Crippen LogP contribution in [-0.2, 0) is 6.42 Å². The molecule has 1 aliphatic heterocycles. The number of aliphatic hydroxyl groups excluding tert-OH is 1. The van der Waals surface area contributed by atoms with Gasteiger partial charge in [0, 0.05) is 40.4 Å². The van der Waals surface area contributed by atoms with E-state index >= 15 is 0 Å². The SMILES string of the molecule is COc1ccc2ncc(Cl)c(CCCC3(CO)CCN(CCSc4cccc(Cl)c4)CC3)c2c1. The molecule has 4 nitrogen and oxygen atoms in total. The van der Waals surface area contributed by atoms with Crippen molar-refractivity contribution in [1.29, 1.82) is 0 Å². The highest BCUT2D eigenvalue weighted by Crippen LogP contribution is 2.37. The van der Waals surface area contributed by atoms with Crippen LogP contribution in [-0.4, -0.2) is 54.1 Å². The minimum absolute atomic E-state index is 0.00357. The molecule has 0 atom stereocenters. The molecule has 3 aromatic rings. The third kappa shape index (κ3) is 6.38. The van der Waals surface area contributed by atoms with E-state index in [1.54, 1.807) is 13.3 Å². The molecular weight excluding hydrogens is 487 g/mol. The number of nitrogens with zero attached hydrogens (tertiary/aromatic N) is 2. The molecule has 1 N–H and O–H groups in total. The number of hydrogen-bond donors (Lipinski definition) is 1. The molecule has 2 heterocycles. The number of rotatable bonds is 10. The van der Waals surface area contributed by atoms with E-state index in [0.29, 0.717) is 5.02 Å². The Hall–Kier alpha value is -1.50. The van der Waals surface area contributed by atoms with Crippen LogP contribution in [0.5, 0.6) is 5.75 Å². The smallest absolute Gasteiger partial charge is 0.119 e. The second kappa shape index (κ2) is 12.0. The zero-order chi connectivity index (χ0) is 24.0. The Morgan fingerprint density at radius 3 is 2.71 bits per heavy atom. The highest BCUT2D eigenvalue weighted by Gasteiger charge is 2.33. The molecule has 1 aromatic heterocycles. The average Bonchev–Trinajstić information content (AvgIpc) is 2.86. The van der Waals surface area contributed by atoms with E-state index in [4.69, 9.17) is 27.9 Å². The molecular formula is C27H32Cl2N2O2S. The second-order valence-electron chi connectivity index (χ2n) is 9.13. The minimum atomic E-state index is 0.00357. The van der Waals surface area contributed by atoms with E-state index in [1.807, 2.05) is 48.2 Å². The van der Waals surface area contributed by atoms with E-state index in [2.05, 4.69) is 16.0 Å². The van der Waals surface area contributed by atoms with Crippen LogP contribution in [0.25, 0.3) is 10.9 Å². The van der Waals surface area contributed by atoms with E-state index < -0.39 is 0 Å². The summed E-state index contributed by atoms with van der Waals surface area (Å²) < 4.78 is 5.40. The summed E-state index contributed by atoms with van der Waals surface area (Å²) in [6, 6.07) is 14.0. The van der Waals surface area contributed by atoms with Gasteiger partial charge < -0.3 is 14.7 Å². The van der Waals surface area contributed by atoms with E-state index in [1.165, 1.54) is 4.90 Å². The number of piperidine rings is 1. The van der Waals surface area contributed by atoms with Gasteiger partial charge in [0.2, 0.25) is 0 Å². The Morgan fingerprint density at radius 2 is 1.97 bits per heavy atom. The molecule has 1 aliphatic rings. The summed E-state index contributed by atoms with van der Waals surface area (Å²) in [5.41, 5.74) is 2.05. The van der Waals surface area contributed by atoms with Crippen LogP contribution >= 0.6 is 35.0 Å². The van der Waals surface area contributed by atoms with E-state index in [-0.39, 0.29) is 12.0 Å². The number of thioether (sulfide) groups is 1. The molecule has 4 rings (SSSR count). The van der Waals surface area contributed by atoms with Gasteiger partial charge in [-0.15, -0.1) is 11.8 Å². The lowest BCUT2D eigenvalue weighted by molar-refractivity contribution is 0.0378. The molecule has 1 saturated heterocycles. The number of pyridine rings is 1. The average molecular weight is 520 g/mol. The summed E-state index contributed by atoms with van der Waals surface area (Å²) in [6.07, 6.45) is 6.66. The van der Waals surface area contributed by atoms with Crippen molar-refractivity contribution in [3.8, 4) is 5.75 Å². The number of aryl methyl sites for hydroxylation is 1. The van der Waals surface area contributed by atoms with E-state index in [9.17, 15) is 5.11 Å². The van der Waals surface area contributed by atoms with Gasteiger partial charge in [-0.25, -0.2) is 0 Å². The maximum absolute atomic E-state index is 10.3. The number of halogens is 2. The molecule has 7 heteroatoms. The van der Waals surface area contributed by atoms with Crippen LogP contribution in [0.2, 0.25) is 10.0 Å². The third-order valence-electron chi connectivity index (χ3n) is 6.99. The Labute approximate surface area is 216 Å². The standard InChI is InChI=1S/C27H32Cl2N2O2S/c1-33-21-7-8-26-24(17-21)23(25(29)18-30-26)6-3-9-27(19-32)10-12-31(13-11-27)14-15-34-22-5-2-4-20(28)16-22/h2,4-5,7-8,16-18,32H,3,6,9-15,19H2,1H3. The molecule has 1 fully saturated rings. The zero-order valence-electron chi connectivity index (χ0n) is 19.6. The van der Waals surface area contributed by atoms with Gasteiger partial charge in [0.25, 0.3) is 0 Å². The second-order valence-corrected chi connectivity index (χ2v) is 11.1. The summed E-state index contributed by atoms with van der Waals surface area (Å²) in [5.74, 6) is 1.86. The fourth-order valence-corrected chi connectivity index (χ4v) is 6.28. The molecule has 2 aromatic carbocycles. The van der Waals surface area contributed by atoms with Crippen molar-refractivity contribution in [2.45, 2.75) is 37.0 Å². The lowest BCUT2D eigenvalue weighted by Crippen LogP contribution is -2.42. The van der Waals surface area contributed by atoms with Gasteiger partial charge in [0.05, 0.1) is 17.6 Å². The number of aromatic nitrogens is 1. The highest BCUT2D eigenvalue weighted by atomic mass is 35.5. The van der Waals surface area contributed by atoms with Crippen LogP contribution in [0.1, 0.15) is 31.2 Å². The molecule has 182 valence electrons. The first-order valence-corrected chi connectivity index (χ1v) is 13.6. The molecule has 0 saturated carbocycles. The van der Waals surface area contributed by atoms with Crippen molar-refractivity contribution in [3.63, 3.8) is 0 Å². The molecule has 0 aliphatic carbocycles. The first kappa shape index (κ1) is 25.6. The summed E-state index contributed by atoms with van der Waals surface area (Å²) >= 11 is 14.5. The van der Waals surface area contributed by atoms with Crippen LogP contribution in [0.4, 0.5) is 0 Å². The Bertz CT molecular complexity index is 1100. The highest BCUT2D eigenvalue weighted by molar-refractivity contribution is 7.99. The van der Waals surface area contributed by atoms with Crippen molar-refractivity contribution in [2.24, 2.45) is 5.41 Å². The van der Waals surface area contributed by atoms with Crippen LogP contribution < -0.4 is 4.74 Å². The van der Waals surface area contributed by atoms with Crippen molar-refractivity contribution >= 4 is 45.9 Å². The lowest BCUT2D eigenvalue weighted by Gasteiger charge is -2.41. The first-order valence-electron chi connectivity index (χ1n) is 11.8. The monoisotopic (exact) mass is 518 g/mol. The maximum atomic E-state index is 10.3. The predicted molar refractivity (Wildman–Crippen MR) is 144 cm³/mol. The van der Waals surface area contributed by atoms with Crippen LogP contribution in [0.3, 0.4) is 0 Å². The fraction of sp³-hybridized carbons (Fsp3) is 0.444. The van der Waals surface area contributed by atoms with Crippen molar-refractivity contribution in [3.05, 3.63) is 64.3 Å². The van der Waals surface area contributed by atoms with Gasteiger partial charge in [-0.3, -0.25) is 4.98 Å². The topological polar surface area (TPSA) is 45.6 Å². The number of fused-ring (bicyclic) bond motifs is 1. The lowest BCUT2D eigenvalue weighted by atomic mass is 9.75. The maximum Gasteiger partial charge on any atom is 0.119 e. The minimum Gasteiger partial charge on any atom is -0.497 e. The summed E-state index contributed by atoms with van der Waals surface area (Å²) in [6.45, 7) is 3.37. The Balaban J connectivity index is 1.29. The Kier molecular flexibility index (Phi) is 9.00. The zero-order valence-corrected chi connectivity index (χ0v) is 21.9. The predicted octanol–water partition coefficient (Wildman–Crippen LogP) is 6.74. The van der Waals surface area contributed by atoms with Crippen molar-refractivity contribution < 1.29 is 9.84 Å². The number of ether oxygens (including phenoxy) is 1. The van der Waals surface area contributed by atoms with Gasteiger partial charge in [0.1, 0.15) is 5.75 Å². The normalized spacial score (nSPS) is 16.1. The molecule has 34 heavy (non-hydrogen) atoms. The van der Waals surface area contributed by atoms with Crippen molar-refractivity contribution in [1.82, 2.24) is 9.88 Å². The molecule has 0 spiro atoms. The van der Waals surface area contributed by atoms with Crippen LogP contribution in [0.15, 0.2) is 53.6 Å². The van der Waals surface area contributed by atoms with Gasteiger partial charge in [-0.1, -0.05) is 29.3 Å². The number of aliphatic hydroxyl groups is 1. The largest absolute Gasteiger partial charge is 0.497 e. The van der Waals surface area contributed by atoms with Gasteiger partial charge in [-0.2, -0.15) is 0 Å². The van der Waals surface area contributed by atoms with E-state index in [0.717, 1.165) is 84.7 Å². The first-order chi connectivity index (χ1) is 16.5.